The van der Waals surface area contributed by atoms with Crippen LogP contribution in [0.1, 0.15) is 10.4 Å². The number of nitrogens with zero attached hydrogens (tertiary/aromatic N) is 1. The predicted molar refractivity (Wildman–Crippen MR) is 105 cm³/mol. The fourth-order valence-electron chi connectivity index (χ4n) is 2.71. The zero-order chi connectivity index (χ0) is 19.4. The van der Waals surface area contributed by atoms with E-state index >= 15 is 0 Å². The summed E-state index contributed by atoms with van der Waals surface area (Å²) in [4.78, 5) is 12.8. The number of halogens is 1. The molecule has 3 aromatic rings. The molecule has 1 N–H and O–H groups in total. The molecular formula is C20H19ClN2O4. The van der Waals surface area contributed by atoms with E-state index in [2.05, 4.69) is 5.32 Å². The van der Waals surface area contributed by atoms with Crippen LogP contribution in [0.5, 0.6) is 17.2 Å². The Kier molecular flexibility index (Phi) is 5.57. The number of rotatable bonds is 6. The van der Waals surface area contributed by atoms with Gasteiger partial charge in [-0.05, 0) is 30.3 Å². The van der Waals surface area contributed by atoms with Gasteiger partial charge in [-0.1, -0.05) is 11.6 Å². The predicted octanol–water partition coefficient (Wildman–Crippen LogP) is 4.41. The van der Waals surface area contributed by atoms with E-state index in [4.69, 9.17) is 25.8 Å². The number of benzene rings is 2. The molecule has 0 aliphatic heterocycles. The third-order valence-corrected chi connectivity index (χ3v) is 4.35. The number of carbonyl (C=O) groups is 1. The van der Waals surface area contributed by atoms with E-state index in [0.29, 0.717) is 33.5 Å². The summed E-state index contributed by atoms with van der Waals surface area (Å²) in [5, 5.41) is 3.18. The molecule has 0 spiro atoms. The highest BCUT2D eigenvalue weighted by atomic mass is 35.5. The Bertz CT molecular complexity index is 930. The molecule has 0 saturated carbocycles. The minimum Gasteiger partial charge on any atom is -0.493 e. The minimum atomic E-state index is -0.344. The van der Waals surface area contributed by atoms with Gasteiger partial charge in [0.15, 0.2) is 11.5 Å². The molecule has 3 rings (SSSR count). The molecule has 2 aromatic carbocycles. The van der Waals surface area contributed by atoms with E-state index < -0.39 is 0 Å². The van der Waals surface area contributed by atoms with Crippen LogP contribution >= 0.6 is 11.6 Å². The van der Waals surface area contributed by atoms with Gasteiger partial charge >= 0.3 is 0 Å². The molecule has 27 heavy (non-hydrogen) atoms. The second-order valence-corrected chi connectivity index (χ2v) is 6.03. The number of methoxy groups -OCH3 is 3. The molecule has 0 radical (unpaired) electrons. The largest absolute Gasteiger partial charge is 0.493 e. The molecule has 0 atom stereocenters. The van der Waals surface area contributed by atoms with Crippen molar-refractivity contribution in [2.75, 3.05) is 26.6 Å². The van der Waals surface area contributed by atoms with Crippen LogP contribution in [-0.4, -0.2) is 31.8 Å². The molecule has 0 bridgehead atoms. The van der Waals surface area contributed by atoms with Crippen LogP contribution in [0.3, 0.4) is 0 Å². The Balaban J connectivity index is 1.93. The standard InChI is InChI=1S/C20H19ClN2O4/c1-25-17-10-13(11-18(26-2)19(17)27-3)22-20(24)15-12-14(6-7-16(15)21)23-8-4-5-9-23/h4-12H,1-3H3,(H,22,24). The lowest BCUT2D eigenvalue weighted by Gasteiger charge is -2.15. The summed E-state index contributed by atoms with van der Waals surface area (Å²) in [7, 11) is 4.55. The van der Waals surface area contributed by atoms with E-state index in [-0.39, 0.29) is 5.91 Å². The van der Waals surface area contributed by atoms with Crippen LogP contribution < -0.4 is 19.5 Å². The number of hydrogen-bond acceptors (Lipinski definition) is 4. The maximum Gasteiger partial charge on any atom is 0.257 e. The van der Waals surface area contributed by atoms with Gasteiger partial charge in [0.05, 0.1) is 31.9 Å². The molecule has 0 unspecified atom stereocenters. The molecular weight excluding hydrogens is 368 g/mol. The van der Waals surface area contributed by atoms with Crippen molar-refractivity contribution in [2.24, 2.45) is 0 Å². The smallest absolute Gasteiger partial charge is 0.257 e. The van der Waals surface area contributed by atoms with E-state index in [9.17, 15) is 4.79 Å². The van der Waals surface area contributed by atoms with Crippen molar-refractivity contribution in [2.45, 2.75) is 0 Å². The summed E-state index contributed by atoms with van der Waals surface area (Å²) in [5.41, 5.74) is 1.69. The second-order valence-electron chi connectivity index (χ2n) is 5.62. The third kappa shape index (κ3) is 3.85. The average Bonchev–Trinajstić information content (AvgIpc) is 3.22. The van der Waals surface area contributed by atoms with Gasteiger partial charge in [0, 0.05) is 35.9 Å². The quantitative estimate of drug-likeness (QED) is 0.681. The number of amides is 1. The van der Waals surface area contributed by atoms with Crippen molar-refractivity contribution in [3.8, 4) is 22.9 Å². The Hall–Kier alpha value is -3.12. The van der Waals surface area contributed by atoms with Gasteiger partial charge in [-0.3, -0.25) is 4.79 Å². The number of hydrogen-bond donors (Lipinski definition) is 1. The Morgan fingerprint density at radius 2 is 1.59 bits per heavy atom. The maximum atomic E-state index is 12.8. The first kappa shape index (κ1) is 18.7. The Labute approximate surface area is 162 Å². The van der Waals surface area contributed by atoms with Crippen LogP contribution in [0.2, 0.25) is 5.02 Å². The molecule has 7 heteroatoms. The summed E-state index contributed by atoms with van der Waals surface area (Å²) in [5.74, 6) is 0.993. The van der Waals surface area contributed by atoms with Crippen molar-refractivity contribution in [1.82, 2.24) is 4.57 Å². The normalized spacial score (nSPS) is 10.4. The van der Waals surface area contributed by atoms with Crippen molar-refractivity contribution >= 4 is 23.2 Å². The summed E-state index contributed by atoms with van der Waals surface area (Å²) < 4.78 is 17.8. The SMILES string of the molecule is COc1cc(NC(=O)c2cc(-n3cccc3)ccc2Cl)cc(OC)c1OC. The van der Waals surface area contributed by atoms with Gasteiger partial charge in [-0.15, -0.1) is 0 Å². The Morgan fingerprint density at radius 1 is 0.963 bits per heavy atom. The second kappa shape index (κ2) is 8.05. The fraction of sp³-hybridized carbons (Fsp3) is 0.150. The highest BCUT2D eigenvalue weighted by Crippen LogP contribution is 2.40. The van der Waals surface area contributed by atoms with E-state index in [0.717, 1.165) is 5.69 Å². The van der Waals surface area contributed by atoms with Crippen molar-refractivity contribution < 1.29 is 19.0 Å². The molecule has 1 aromatic heterocycles. The molecule has 0 saturated heterocycles. The van der Waals surface area contributed by atoms with Gasteiger partial charge in [0.25, 0.3) is 5.91 Å². The fourth-order valence-corrected chi connectivity index (χ4v) is 2.91. The number of aromatic nitrogens is 1. The first-order valence-electron chi connectivity index (χ1n) is 8.11. The third-order valence-electron chi connectivity index (χ3n) is 4.02. The van der Waals surface area contributed by atoms with Crippen LogP contribution in [0.15, 0.2) is 54.9 Å². The molecule has 6 nitrogen and oxygen atoms in total. The van der Waals surface area contributed by atoms with Crippen molar-refractivity contribution in [3.05, 3.63) is 65.4 Å². The maximum absolute atomic E-state index is 12.8. The summed E-state index contributed by atoms with van der Waals surface area (Å²) in [6, 6.07) is 12.4. The van der Waals surface area contributed by atoms with Crippen molar-refractivity contribution in [3.63, 3.8) is 0 Å². The van der Waals surface area contributed by atoms with E-state index in [1.54, 1.807) is 24.3 Å². The van der Waals surface area contributed by atoms with Gasteiger partial charge in [0.1, 0.15) is 0 Å². The molecule has 0 aliphatic rings. The number of carbonyl (C=O) groups excluding carboxylic acids is 1. The molecule has 1 heterocycles. The van der Waals surface area contributed by atoms with E-state index in [1.165, 1.54) is 21.3 Å². The molecule has 1 amide bonds. The van der Waals surface area contributed by atoms with Crippen molar-refractivity contribution in [1.29, 1.82) is 0 Å². The lowest BCUT2D eigenvalue weighted by atomic mass is 10.1. The topological polar surface area (TPSA) is 61.7 Å². The summed E-state index contributed by atoms with van der Waals surface area (Å²) in [6.45, 7) is 0. The zero-order valence-electron chi connectivity index (χ0n) is 15.2. The van der Waals surface area contributed by atoms with Gasteiger partial charge in [-0.25, -0.2) is 0 Å². The molecule has 0 fully saturated rings. The highest BCUT2D eigenvalue weighted by molar-refractivity contribution is 6.34. The lowest BCUT2D eigenvalue weighted by molar-refractivity contribution is 0.102. The average molecular weight is 387 g/mol. The van der Waals surface area contributed by atoms with Crippen LogP contribution in [-0.2, 0) is 0 Å². The lowest BCUT2D eigenvalue weighted by Crippen LogP contribution is -2.13. The number of anilines is 1. The highest BCUT2D eigenvalue weighted by Gasteiger charge is 2.17. The zero-order valence-corrected chi connectivity index (χ0v) is 15.9. The van der Waals surface area contributed by atoms with Gasteiger partial charge < -0.3 is 24.1 Å². The minimum absolute atomic E-state index is 0.344. The van der Waals surface area contributed by atoms with Gasteiger partial charge in [0.2, 0.25) is 5.75 Å². The molecule has 0 aliphatic carbocycles. The first-order valence-corrected chi connectivity index (χ1v) is 8.49. The van der Waals surface area contributed by atoms with Crippen LogP contribution in [0.25, 0.3) is 5.69 Å². The van der Waals surface area contributed by atoms with Crippen LogP contribution in [0.4, 0.5) is 5.69 Å². The first-order chi connectivity index (χ1) is 13.1. The monoisotopic (exact) mass is 386 g/mol. The number of nitrogens with one attached hydrogen (secondary N) is 1. The number of ether oxygens (including phenoxy) is 3. The summed E-state index contributed by atoms with van der Waals surface area (Å²) in [6.07, 6.45) is 3.79. The van der Waals surface area contributed by atoms with E-state index in [1.807, 2.05) is 35.2 Å². The molecule has 140 valence electrons. The summed E-state index contributed by atoms with van der Waals surface area (Å²) >= 11 is 6.24. The Morgan fingerprint density at radius 3 is 2.15 bits per heavy atom. The van der Waals surface area contributed by atoms with Crippen LogP contribution in [0, 0.1) is 0 Å². The van der Waals surface area contributed by atoms with Gasteiger partial charge in [-0.2, -0.15) is 0 Å².